The van der Waals surface area contributed by atoms with Gasteiger partial charge in [-0.3, -0.25) is 9.59 Å². The number of carbonyl (C=O) groups is 2. The van der Waals surface area contributed by atoms with Crippen LogP contribution in [-0.4, -0.2) is 63.8 Å². The first-order valence-electron chi connectivity index (χ1n) is 6.19. The van der Waals surface area contributed by atoms with Crippen LogP contribution in [0.5, 0.6) is 0 Å². The van der Waals surface area contributed by atoms with E-state index in [1.54, 1.807) is 0 Å². The van der Waals surface area contributed by atoms with Crippen LogP contribution < -0.4 is 0 Å². The molecular formula is C11H20O7S3. The number of carbonyl (C=O) groups excluding carboxylic acids is 2. The molecule has 7 nitrogen and oxygen atoms in total. The second-order valence-corrected chi connectivity index (χ2v) is 10.2. The lowest BCUT2D eigenvalue weighted by atomic mass is 10.5. The molecule has 0 saturated carbocycles. The molecule has 0 atom stereocenters. The lowest BCUT2D eigenvalue weighted by Crippen LogP contribution is -2.23. The van der Waals surface area contributed by atoms with Crippen molar-refractivity contribution in [2.45, 2.75) is 19.8 Å². The summed E-state index contributed by atoms with van der Waals surface area (Å²) in [5, 5.41) is -0.0854. The van der Waals surface area contributed by atoms with Gasteiger partial charge in [-0.15, -0.1) is 0 Å². The molecule has 0 spiro atoms. The van der Waals surface area contributed by atoms with Gasteiger partial charge in [0.1, 0.15) is 0 Å². The Balaban J connectivity index is 4.17. The van der Waals surface area contributed by atoms with E-state index in [4.69, 9.17) is 0 Å². The highest BCUT2D eigenvalue weighted by atomic mass is 32.2. The third-order valence-electron chi connectivity index (χ3n) is 2.46. The first-order chi connectivity index (χ1) is 9.58. The maximum absolute atomic E-state index is 11.7. The molecule has 10 heteroatoms. The topological polar surface area (TPSA) is 112 Å². The van der Waals surface area contributed by atoms with Gasteiger partial charge in [-0.25, -0.2) is 16.8 Å². The second-order valence-electron chi connectivity index (χ2n) is 4.32. The Hall–Kier alpha value is -0.610. The Bertz CT molecular complexity index is 548. The van der Waals surface area contributed by atoms with E-state index in [-0.39, 0.29) is 17.3 Å². The summed E-state index contributed by atoms with van der Waals surface area (Å²) in [6.45, 7) is 1.40. The number of sulfone groups is 2. The van der Waals surface area contributed by atoms with Gasteiger partial charge in [0.25, 0.3) is 0 Å². The van der Waals surface area contributed by atoms with Gasteiger partial charge >= 0.3 is 5.97 Å². The molecule has 124 valence electrons. The van der Waals surface area contributed by atoms with Crippen molar-refractivity contribution in [2.24, 2.45) is 0 Å². The van der Waals surface area contributed by atoms with Crippen LogP contribution in [-0.2, 0) is 34.0 Å². The summed E-state index contributed by atoms with van der Waals surface area (Å²) in [7, 11) is -5.93. The fourth-order valence-corrected chi connectivity index (χ4v) is 5.55. The number of hydrogen-bond acceptors (Lipinski definition) is 8. The average molecular weight is 360 g/mol. The molecule has 21 heavy (non-hydrogen) atoms. The Labute approximate surface area is 129 Å². The van der Waals surface area contributed by atoms with Crippen molar-refractivity contribution in [1.82, 2.24) is 0 Å². The van der Waals surface area contributed by atoms with Gasteiger partial charge in [0, 0.05) is 12.7 Å². The summed E-state index contributed by atoms with van der Waals surface area (Å²) in [5.74, 6) is -1.81. The molecule has 0 fully saturated rings. The number of ether oxygens (including phenoxy) is 1. The number of rotatable bonds is 10. The van der Waals surface area contributed by atoms with E-state index in [1.165, 1.54) is 6.92 Å². The predicted molar refractivity (Wildman–Crippen MR) is 81.7 cm³/mol. The van der Waals surface area contributed by atoms with Crippen molar-refractivity contribution in [3.05, 3.63) is 0 Å². The largest absolute Gasteiger partial charge is 0.469 e. The molecule has 0 saturated heterocycles. The van der Waals surface area contributed by atoms with Gasteiger partial charge in [-0.2, -0.15) is 0 Å². The van der Waals surface area contributed by atoms with Crippen molar-refractivity contribution in [3.63, 3.8) is 0 Å². The van der Waals surface area contributed by atoms with Crippen molar-refractivity contribution in [1.29, 1.82) is 0 Å². The summed E-state index contributed by atoms with van der Waals surface area (Å²) >= 11 is 1.04. The zero-order valence-electron chi connectivity index (χ0n) is 12.0. The van der Waals surface area contributed by atoms with Gasteiger partial charge in [-0.1, -0.05) is 11.8 Å². The van der Waals surface area contributed by atoms with Crippen molar-refractivity contribution >= 4 is 42.5 Å². The van der Waals surface area contributed by atoms with Crippen molar-refractivity contribution in [3.8, 4) is 0 Å². The number of thioether (sulfide) groups is 1. The SMILES string of the molecule is COC(=O)CCS(=O)(=O)CCS(=O)(=O)CCCSC(C)=O. The van der Waals surface area contributed by atoms with Crippen LogP contribution in [0.15, 0.2) is 0 Å². The minimum absolute atomic E-state index is 0.0854. The van der Waals surface area contributed by atoms with Gasteiger partial charge in [0.05, 0.1) is 36.5 Å². The quantitative estimate of drug-likeness (QED) is 0.397. The minimum atomic E-state index is -3.60. The van der Waals surface area contributed by atoms with Gasteiger partial charge in [0.2, 0.25) is 0 Å². The predicted octanol–water partition coefficient (Wildman–Crippen LogP) is 0.0489. The Kier molecular flexibility index (Phi) is 9.14. The molecule has 0 unspecified atom stereocenters. The third-order valence-corrected chi connectivity index (χ3v) is 7.00. The highest BCUT2D eigenvalue weighted by Crippen LogP contribution is 2.06. The summed E-state index contributed by atoms with van der Waals surface area (Å²) in [6.07, 6.45) is 0.0168. The Morgan fingerprint density at radius 3 is 1.95 bits per heavy atom. The molecule has 0 aliphatic rings. The van der Waals surface area contributed by atoms with Gasteiger partial charge in [-0.05, 0) is 6.42 Å². The smallest absolute Gasteiger partial charge is 0.306 e. The first-order valence-corrected chi connectivity index (χ1v) is 10.8. The highest BCUT2D eigenvalue weighted by Gasteiger charge is 2.19. The van der Waals surface area contributed by atoms with Crippen molar-refractivity contribution < 1.29 is 31.2 Å². The monoisotopic (exact) mass is 360 g/mol. The molecule has 0 amide bonds. The lowest BCUT2D eigenvalue weighted by Gasteiger charge is -2.05. The summed E-state index contributed by atoms with van der Waals surface area (Å²) in [5.41, 5.74) is 0. The van der Waals surface area contributed by atoms with Crippen LogP contribution in [0.25, 0.3) is 0 Å². The number of esters is 1. The van der Waals surface area contributed by atoms with Gasteiger partial charge < -0.3 is 4.74 Å². The normalized spacial score (nSPS) is 12.1. The van der Waals surface area contributed by atoms with Crippen LogP contribution in [0.3, 0.4) is 0 Å². The van der Waals surface area contributed by atoms with E-state index in [0.29, 0.717) is 12.2 Å². The van der Waals surface area contributed by atoms with Crippen LogP contribution in [0.4, 0.5) is 0 Å². The first kappa shape index (κ1) is 20.4. The zero-order valence-corrected chi connectivity index (χ0v) is 14.5. The average Bonchev–Trinajstić information content (AvgIpc) is 2.39. The molecular weight excluding hydrogens is 340 g/mol. The van der Waals surface area contributed by atoms with E-state index in [0.717, 1.165) is 18.9 Å². The molecule has 0 aromatic carbocycles. The summed E-state index contributed by atoms with van der Waals surface area (Å²) in [6, 6.07) is 0. The Morgan fingerprint density at radius 2 is 1.48 bits per heavy atom. The fourth-order valence-electron chi connectivity index (χ4n) is 1.29. The lowest BCUT2D eigenvalue weighted by molar-refractivity contribution is -0.140. The number of hydrogen-bond donors (Lipinski definition) is 0. The third kappa shape index (κ3) is 11.7. The maximum atomic E-state index is 11.7. The van der Waals surface area contributed by atoms with Crippen molar-refractivity contribution in [2.75, 3.05) is 35.9 Å². The van der Waals surface area contributed by atoms with Crippen LogP contribution in [0, 0.1) is 0 Å². The molecule has 0 aromatic rings. The zero-order chi connectivity index (χ0) is 16.5. The standard InChI is InChI=1S/C11H20O7S3/c1-10(12)19-5-3-6-20(14,15)8-9-21(16,17)7-4-11(13)18-2/h3-9H2,1-2H3. The minimum Gasteiger partial charge on any atom is -0.469 e. The molecule has 0 rings (SSSR count). The van der Waals surface area contributed by atoms with Crippen LogP contribution in [0.2, 0.25) is 0 Å². The van der Waals surface area contributed by atoms with Gasteiger partial charge in [0.15, 0.2) is 24.8 Å². The van der Waals surface area contributed by atoms with E-state index >= 15 is 0 Å². The maximum Gasteiger partial charge on any atom is 0.306 e. The molecule has 0 aromatic heterocycles. The number of methoxy groups -OCH3 is 1. The molecule has 0 bridgehead atoms. The van der Waals surface area contributed by atoms with Crippen LogP contribution in [0.1, 0.15) is 19.8 Å². The summed E-state index contributed by atoms with van der Waals surface area (Å²) < 4.78 is 50.8. The van der Waals surface area contributed by atoms with E-state index < -0.39 is 42.9 Å². The molecule has 0 aliphatic heterocycles. The molecule has 0 N–H and O–H groups in total. The summed E-state index contributed by atoms with van der Waals surface area (Å²) in [4.78, 5) is 21.5. The highest BCUT2D eigenvalue weighted by molar-refractivity contribution is 8.13. The van der Waals surface area contributed by atoms with Crippen LogP contribution >= 0.6 is 11.8 Å². The van der Waals surface area contributed by atoms with E-state index in [1.807, 2.05) is 0 Å². The van der Waals surface area contributed by atoms with E-state index in [2.05, 4.69) is 4.74 Å². The van der Waals surface area contributed by atoms with E-state index in [9.17, 15) is 26.4 Å². The molecule has 0 aliphatic carbocycles. The second kappa shape index (κ2) is 9.42. The Morgan fingerprint density at radius 1 is 0.952 bits per heavy atom. The molecule has 0 radical (unpaired) electrons. The molecule has 0 heterocycles. The fraction of sp³-hybridized carbons (Fsp3) is 0.818.